The van der Waals surface area contributed by atoms with Crippen molar-refractivity contribution in [1.29, 1.82) is 0 Å². The number of carbonyl (C=O) groups excluding carboxylic acids is 1. The van der Waals surface area contributed by atoms with E-state index < -0.39 is 22.4 Å². The number of rotatable bonds is 4. The lowest BCUT2D eigenvalue weighted by Gasteiger charge is -2.02. The van der Waals surface area contributed by atoms with Crippen molar-refractivity contribution in [2.24, 2.45) is 0 Å². The van der Waals surface area contributed by atoms with Gasteiger partial charge in [0.05, 0.1) is 24.8 Å². The topological polar surface area (TPSA) is 100 Å². The van der Waals surface area contributed by atoms with Crippen LogP contribution in [0.3, 0.4) is 0 Å². The van der Waals surface area contributed by atoms with Gasteiger partial charge in [-0.1, -0.05) is 17.3 Å². The molecule has 0 fully saturated rings. The van der Waals surface area contributed by atoms with Gasteiger partial charge >= 0.3 is 11.7 Å². The normalized spacial score (nSPS) is 10.3. The monoisotopic (exact) mass is 280 g/mol. The summed E-state index contributed by atoms with van der Waals surface area (Å²) in [6, 6.07) is 3.83. The maximum absolute atomic E-state index is 13.8. The fourth-order valence-electron chi connectivity index (χ4n) is 1.58. The van der Waals surface area contributed by atoms with Crippen LogP contribution in [0.15, 0.2) is 24.4 Å². The second-order valence-electron chi connectivity index (χ2n) is 3.80. The standard InChI is InChI=1S/C11H9FN4O4/c1-20-11(17)8-6-15(14-13-8)5-7-3-2-4-9(10(7)12)16(18)19/h2-4,6H,5H2,1H3. The van der Waals surface area contributed by atoms with Gasteiger partial charge in [-0.15, -0.1) is 5.10 Å². The van der Waals surface area contributed by atoms with Gasteiger partial charge in [0.15, 0.2) is 5.69 Å². The van der Waals surface area contributed by atoms with E-state index in [1.807, 2.05) is 0 Å². The largest absolute Gasteiger partial charge is 0.464 e. The van der Waals surface area contributed by atoms with E-state index in [4.69, 9.17) is 0 Å². The van der Waals surface area contributed by atoms with E-state index in [1.165, 1.54) is 30.1 Å². The summed E-state index contributed by atoms with van der Waals surface area (Å²) in [7, 11) is 1.20. The third kappa shape index (κ3) is 2.60. The van der Waals surface area contributed by atoms with Crippen LogP contribution in [-0.2, 0) is 11.3 Å². The minimum Gasteiger partial charge on any atom is -0.464 e. The second-order valence-corrected chi connectivity index (χ2v) is 3.80. The zero-order chi connectivity index (χ0) is 14.7. The number of nitro groups is 1. The van der Waals surface area contributed by atoms with Crippen molar-refractivity contribution in [1.82, 2.24) is 15.0 Å². The summed E-state index contributed by atoms with van der Waals surface area (Å²) in [5.41, 5.74) is -0.574. The van der Waals surface area contributed by atoms with E-state index >= 15 is 0 Å². The first-order valence-corrected chi connectivity index (χ1v) is 5.43. The number of nitro benzene ring substituents is 1. The number of benzene rings is 1. The van der Waals surface area contributed by atoms with Crippen LogP contribution in [0.5, 0.6) is 0 Å². The Hall–Kier alpha value is -2.84. The number of halogens is 1. The molecule has 0 unspecified atom stereocenters. The first-order valence-electron chi connectivity index (χ1n) is 5.43. The molecule has 0 aliphatic carbocycles. The minimum atomic E-state index is -0.937. The van der Waals surface area contributed by atoms with Crippen LogP contribution in [-0.4, -0.2) is 33.0 Å². The van der Waals surface area contributed by atoms with Crippen molar-refractivity contribution >= 4 is 11.7 Å². The van der Waals surface area contributed by atoms with Gasteiger partial charge in [0.1, 0.15) is 0 Å². The van der Waals surface area contributed by atoms with Gasteiger partial charge in [-0.3, -0.25) is 10.1 Å². The smallest absolute Gasteiger partial charge is 0.360 e. The highest BCUT2D eigenvalue weighted by Gasteiger charge is 2.18. The van der Waals surface area contributed by atoms with Gasteiger partial charge in [0.2, 0.25) is 5.82 Å². The Balaban J connectivity index is 2.26. The summed E-state index contributed by atoms with van der Waals surface area (Å²) in [6.07, 6.45) is 1.27. The highest BCUT2D eigenvalue weighted by atomic mass is 19.1. The number of nitrogens with zero attached hydrogens (tertiary/aromatic N) is 4. The van der Waals surface area contributed by atoms with Crippen LogP contribution in [0.1, 0.15) is 16.1 Å². The number of aromatic nitrogens is 3. The first-order chi connectivity index (χ1) is 9.52. The zero-order valence-electron chi connectivity index (χ0n) is 10.3. The first kappa shape index (κ1) is 13.6. The summed E-state index contributed by atoms with van der Waals surface area (Å²) >= 11 is 0. The SMILES string of the molecule is COC(=O)c1cn(Cc2cccc([N+](=O)[O-])c2F)nn1. The lowest BCUT2D eigenvalue weighted by Crippen LogP contribution is -2.05. The average molecular weight is 280 g/mol. The summed E-state index contributed by atoms with van der Waals surface area (Å²) in [6.45, 7) is -0.0858. The van der Waals surface area contributed by atoms with Crippen LogP contribution in [0, 0.1) is 15.9 Å². The molecule has 1 aromatic heterocycles. The molecule has 0 aliphatic heterocycles. The van der Waals surface area contributed by atoms with Crippen LogP contribution in [0.4, 0.5) is 10.1 Å². The molecular weight excluding hydrogens is 271 g/mol. The van der Waals surface area contributed by atoms with E-state index in [9.17, 15) is 19.3 Å². The lowest BCUT2D eigenvalue weighted by molar-refractivity contribution is -0.387. The maximum atomic E-state index is 13.8. The van der Waals surface area contributed by atoms with Crippen molar-refractivity contribution < 1.29 is 18.8 Å². The molecule has 0 saturated carbocycles. The molecule has 0 N–H and O–H groups in total. The molecule has 0 radical (unpaired) electrons. The molecule has 1 aromatic carbocycles. The molecule has 0 aliphatic rings. The number of ether oxygens (including phenoxy) is 1. The average Bonchev–Trinajstić information content (AvgIpc) is 2.88. The highest BCUT2D eigenvalue weighted by Crippen LogP contribution is 2.20. The number of hydrogen-bond acceptors (Lipinski definition) is 6. The van der Waals surface area contributed by atoms with Crippen LogP contribution in [0.25, 0.3) is 0 Å². The van der Waals surface area contributed by atoms with Gasteiger partial charge in [-0.25, -0.2) is 9.48 Å². The molecule has 0 saturated heterocycles. The zero-order valence-corrected chi connectivity index (χ0v) is 10.3. The van der Waals surface area contributed by atoms with Crippen LogP contribution in [0.2, 0.25) is 0 Å². The third-order valence-electron chi connectivity index (χ3n) is 2.52. The Labute approximate surface area is 111 Å². The van der Waals surface area contributed by atoms with E-state index in [1.54, 1.807) is 0 Å². The minimum absolute atomic E-state index is 0.0293. The fourth-order valence-corrected chi connectivity index (χ4v) is 1.58. The molecule has 2 rings (SSSR count). The molecule has 0 bridgehead atoms. The molecule has 1 heterocycles. The molecule has 0 amide bonds. The number of esters is 1. The molecule has 8 nitrogen and oxygen atoms in total. The van der Waals surface area contributed by atoms with E-state index in [0.717, 1.165) is 6.07 Å². The molecule has 0 spiro atoms. The molecule has 104 valence electrons. The van der Waals surface area contributed by atoms with Gasteiger partial charge in [0.25, 0.3) is 0 Å². The fraction of sp³-hybridized carbons (Fsp3) is 0.182. The van der Waals surface area contributed by atoms with Gasteiger partial charge < -0.3 is 4.74 Å². The summed E-state index contributed by atoms with van der Waals surface area (Å²) in [4.78, 5) is 21.0. The summed E-state index contributed by atoms with van der Waals surface area (Å²) in [5.74, 6) is -1.61. The third-order valence-corrected chi connectivity index (χ3v) is 2.52. The van der Waals surface area contributed by atoms with Crippen molar-refractivity contribution in [2.45, 2.75) is 6.54 Å². The Morgan fingerprint density at radius 3 is 2.95 bits per heavy atom. The highest BCUT2D eigenvalue weighted by molar-refractivity contribution is 5.86. The molecule has 0 atom stereocenters. The number of hydrogen-bond donors (Lipinski definition) is 0. The Bertz CT molecular complexity index is 670. The van der Waals surface area contributed by atoms with Crippen LogP contribution >= 0.6 is 0 Å². The molecule has 20 heavy (non-hydrogen) atoms. The lowest BCUT2D eigenvalue weighted by atomic mass is 10.2. The van der Waals surface area contributed by atoms with E-state index in [-0.39, 0.29) is 17.8 Å². The maximum Gasteiger partial charge on any atom is 0.360 e. The van der Waals surface area contributed by atoms with Gasteiger partial charge in [0, 0.05) is 11.6 Å². The summed E-state index contributed by atoms with van der Waals surface area (Å²) < 4.78 is 19.5. The number of methoxy groups -OCH3 is 1. The quantitative estimate of drug-likeness (QED) is 0.473. The Morgan fingerprint density at radius 1 is 1.55 bits per heavy atom. The van der Waals surface area contributed by atoms with Gasteiger partial charge in [-0.05, 0) is 0 Å². The second kappa shape index (κ2) is 5.43. The predicted octanol–water partition coefficient (Wildman–Crippen LogP) is 1.16. The molecule has 9 heteroatoms. The van der Waals surface area contributed by atoms with E-state index in [2.05, 4.69) is 15.0 Å². The predicted molar refractivity (Wildman–Crippen MR) is 63.5 cm³/mol. The Morgan fingerprint density at radius 2 is 2.30 bits per heavy atom. The van der Waals surface area contributed by atoms with Crippen molar-refractivity contribution in [3.05, 3.63) is 51.6 Å². The van der Waals surface area contributed by atoms with Crippen molar-refractivity contribution in [3.63, 3.8) is 0 Å². The van der Waals surface area contributed by atoms with Crippen LogP contribution < -0.4 is 0 Å². The number of carbonyl (C=O) groups is 1. The molecule has 2 aromatic rings. The van der Waals surface area contributed by atoms with Gasteiger partial charge in [-0.2, -0.15) is 4.39 Å². The van der Waals surface area contributed by atoms with Crippen molar-refractivity contribution in [2.75, 3.05) is 7.11 Å². The van der Waals surface area contributed by atoms with Crippen molar-refractivity contribution in [3.8, 4) is 0 Å². The Kier molecular flexibility index (Phi) is 3.69. The summed E-state index contributed by atoms with van der Waals surface area (Å²) in [5, 5.41) is 17.8. The van der Waals surface area contributed by atoms with E-state index in [0.29, 0.717) is 0 Å². The molecular formula is C11H9FN4O4.